The Hall–Kier alpha value is -1.49. The van der Waals surface area contributed by atoms with Crippen LogP contribution in [0.4, 0.5) is 0 Å². The van der Waals surface area contributed by atoms with E-state index < -0.39 is 0 Å². The molecule has 1 atom stereocenters. The summed E-state index contributed by atoms with van der Waals surface area (Å²) < 4.78 is 0.270. The van der Waals surface area contributed by atoms with Crippen LogP contribution >= 0.6 is 0 Å². The summed E-state index contributed by atoms with van der Waals surface area (Å²) in [6.07, 6.45) is 4.81. The van der Waals surface area contributed by atoms with Crippen molar-refractivity contribution in [2.45, 2.75) is 0 Å². The lowest BCUT2D eigenvalue weighted by Crippen LogP contribution is -2.47. The van der Waals surface area contributed by atoms with Crippen LogP contribution in [0.25, 0.3) is 0 Å². The number of nitrogens with zero attached hydrogens (tertiary/aromatic N) is 3. The van der Waals surface area contributed by atoms with E-state index in [-0.39, 0.29) is 10.4 Å². The minimum Gasteiger partial charge on any atom is -0.261 e. The van der Waals surface area contributed by atoms with Crippen LogP contribution in [0.5, 0.6) is 0 Å². The molecule has 2 heterocycles. The molecule has 1 amide bonds. The quantitative estimate of drug-likeness (QED) is 0.461. The molecule has 0 aromatic heterocycles. The van der Waals surface area contributed by atoms with Gasteiger partial charge in [-0.15, -0.1) is 5.10 Å². The molecule has 0 fully saturated rings. The van der Waals surface area contributed by atoms with E-state index in [2.05, 4.69) is 15.5 Å². The molecule has 0 aromatic carbocycles. The lowest BCUT2D eigenvalue weighted by atomic mass is 10.3. The molecule has 5 heteroatoms. The number of hydrazone groups is 1. The number of hydrogen-bond acceptors (Lipinski definition) is 3. The topological polar surface area (TPSA) is 53.8 Å². The average molecular weight is 151 g/mol. The first-order chi connectivity index (χ1) is 5.22. The van der Waals surface area contributed by atoms with Gasteiger partial charge in [-0.1, -0.05) is 0 Å². The lowest BCUT2D eigenvalue weighted by Gasteiger charge is -2.22. The van der Waals surface area contributed by atoms with Gasteiger partial charge in [0.25, 0.3) is 0 Å². The van der Waals surface area contributed by atoms with Gasteiger partial charge in [0.05, 0.1) is 7.05 Å². The van der Waals surface area contributed by atoms with E-state index in [1.54, 1.807) is 18.9 Å². The van der Waals surface area contributed by atoms with E-state index in [0.29, 0.717) is 5.70 Å². The molecule has 2 rings (SSSR count). The summed E-state index contributed by atoms with van der Waals surface area (Å²) in [5, 5.41) is 3.69. The summed E-state index contributed by atoms with van der Waals surface area (Å²) in [5.41, 5.74) is 2.94. The fourth-order valence-corrected chi connectivity index (χ4v) is 1.06. The number of likely N-dealkylation sites (N-methyl/N-ethyl adjacent to an activating group) is 1. The van der Waals surface area contributed by atoms with Crippen LogP contribution < -0.4 is 5.43 Å². The van der Waals surface area contributed by atoms with Crippen LogP contribution in [0.1, 0.15) is 0 Å². The van der Waals surface area contributed by atoms with Crippen LogP contribution in [0.3, 0.4) is 0 Å². The van der Waals surface area contributed by atoms with Gasteiger partial charge in [0.2, 0.25) is 18.4 Å². The molecule has 2 aliphatic heterocycles. The highest BCUT2D eigenvalue weighted by Crippen LogP contribution is 2.17. The molecule has 2 aliphatic rings. The molecule has 1 unspecified atom stereocenters. The highest BCUT2D eigenvalue weighted by Gasteiger charge is 2.37. The van der Waals surface area contributed by atoms with E-state index in [1.807, 2.05) is 7.05 Å². The van der Waals surface area contributed by atoms with Crippen molar-refractivity contribution in [3.8, 4) is 0 Å². The van der Waals surface area contributed by atoms with E-state index in [4.69, 9.17) is 0 Å². The predicted molar refractivity (Wildman–Crippen MR) is 39.4 cm³/mol. The molecular weight excluding hydrogens is 144 g/mol. The summed E-state index contributed by atoms with van der Waals surface area (Å²) in [5.74, 6) is -0.187. The summed E-state index contributed by atoms with van der Waals surface area (Å²) >= 11 is 0. The fourth-order valence-electron chi connectivity index (χ4n) is 1.06. The molecule has 0 saturated carbocycles. The zero-order valence-corrected chi connectivity index (χ0v) is 5.98. The van der Waals surface area contributed by atoms with Crippen molar-refractivity contribution in [2.75, 3.05) is 7.05 Å². The number of fused-ring (bicyclic) bond motifs is 1. The number of nitrogens with one attached hydrogen (secondary N) is 1. The van der Waals surface area contributed by atoms with Crippen molar-refractivity contribution in [1.29, 1.82) is 0 Å². The standard InChI is InChI=1S/C6H6N4O/c1-10-3-7-2-5(10)6(11)9-8-4-10/h2-4H,1H3/p+1. The smallest absolute Gasteiger partial charge is 0.261 e. The van der Waals surface area contributed by atoms with Crippen molar-refractivity contribution in [2.24, 2.45) is 10.1 Å². The molecule has 0 aliphatic carbocycles. The third-order valence-corrected chi connectivity index (χ3v) is 1.72. The number of carbonyl (C=O) groups is 1. The molecule has 11 heavy (non-hydrogen) atoms. The van der Waals surface area contributed by atoms with Gasteiger partial charge in [-0.2, -0.15) is 0 Å². The first-order valence-corrected chi connectivity index (χ1v) is 3.18. The first kappa shape index (κ1) is 6.23. The van der Waals surface area contributed by atoms with Gasteiger partial charge < -0.3 is 0 Å². The van der Waals surface area contributed by atoms with Crippen LogP contribution in [0, 0.1) is 0 Å². The van der Waals surface area contributed by atoms with Gasteiger partial charge in [-0.3, -0.25) is 4.79 Å². The van der Waals surface area contributed by atoms with Crippen LogP contribution in [0.2, 0.25) is 0 Å². The van der Waals surface area contributed by atoms with E-state index >= 15 is 0 Å². The number of aliphatic imine (C=N–C) groups is 1. The van der Waals surface area contributed by atoms with Gasteiger partial charge in [0.15, 0.2) is 0 Å². The molecule has 5 nitrogen and oxygen atoms in total. The maximum atomic E-state index is 11.1. The minimum absolute atomic E-state index is 0.187. The molecule has 0 bridgehead atoms. The van der Waals surface area contributed by atoms with Crippen LogP contribution in [-0.2, 0) is 4.79 Å². The Morgan fingerprint density at radius 1 is 1.55 bits per heavy atom. The second-order valence-electron chi connectivity index (χ2n) is 2.61. The van der Waals surface area contributed by atoms with Crippen molar-refractivity contribution in [1.82, 2.24) is 5.43 Å². The number of carbonyl (C=O) groups excluding carboxylic acids is 1. The van der Waals surface area contributed by atoms with Gasteiger partial charge in [0, 0.05) is 0 Å². The molecule has 0 aromatic rings. The number of amides is 1. The van der Waals surface area contributed by atoms with Gasteiger partial charge in [-0.05, 0) is 0 Å². The SMILES string of the molecule is C[N+]12C=NC=C1C(=O)NN=C2. The average Bonchev–Trinajstić information content (AvgIpc) is 2.31. The molecular formula is C6H7N4O+. The third-order valence-electron chi connectivity index (χ3n) is 1.72. The third kappa shape index (κ3) is 0.712. The van der Waals surface area contributed by atoms with Gasteiger partial charge >= 0.3 is 5.91 Å². The predicted octanol–water partition coefficient (Wildman–Crippen LogP) is -0.611. The largest absolute Gasteiger partial charge is 0.328 e. The zero-order valence-electron chi connectivity index (χ0n) is 5.98. The van der Waals surface area contributed by atoms with Crippen LogP contribution in [-0.4, -0.2) is 30.1 Å². The second-order valence-corrected chi connectivity index (χ2v) is 2.61. The van der Waals surface area contributed by atoms with Crippen molar-refractivity contribution >= 4 is 18.6 Å². The van der Waals surface area contributed by atoms with Crippen molar-refractivity contribution in [3.63, 3.8) is 0 Å². The monoisotopic (exact) mass is 151 g/mol. The van der Waals surface area contributed by atoms with Crippen molar-refractivity contribution < 1.29 is 9.28 Å². The lowest BCUT2D eigenvalue weighted by molar-refractivity contribution is -0.657. The summed E-state index contributed by atoms with van der Waals surface area (Å²) in [6, 6.07) is 0. The Morgan fingerprint density at radius 2 is 2.36 bits per heavy atom. The molecule has 56 valence electrons. The maximum Gasteiger partial charge on any atom is 0.328 e. The van der Waals surface area contributed by atoms with Crippen LogP contribution in [0.15, 0.2) is 22.0 Å². The molecule has 0 radical (unpaired) electrons. The normalized spacial score (nSPS) is 33.2. The Kier molecular flexibility index (Phi) is 0.998. The summed E-state index contributed by atoms with van der Waals surface area (Å²) in [7, 11) is 1.84. The van der Waals surface area contributed by atoms with E-state index in [0.717, 1.165) is 0 Å². The molecule has 1 N–H and O–H groups in total. The Morgan fingerprint density at radius 3 is 3.09 bits per heavy atom. The van der Waals surface area contributed by atoms with E-state index in [9.17, 15) is 4.79 Å². The summed E-state index contributed by atoms with van der Waals surface area (Å²) in [4.78, 5) is 15.0. The highest BCUT2D eigenvalue weighted by atomic mass is 16.2. The zero-order chi connectivity index (χ0) is 7.90. The fraction of sp³-hybridized carbons (Fsp3) is 0.167. The summed E-state index contributed by atoms with van der Waals surface area (Å²) in [6.45, 7) is 0. The molecule has 0 spiro atoms. The number of rotatable bonds is 0. The van der Waals surface area contributed by atoms with E-state index in [1.165, 1.54) is 0 Å². The Labute approximate surface area is 63.3 Å². The highest BCUT2D eigenvalue weighted by molar-refractivity contribution is 5.97. The van der Waals surface area contributed by atoms with Crippen molar-refractivity contribution in [3.05, 3.63) is 11.9 Å². The van der Waals surface area contributed by atoms with Gasteiger partial charge in [0.1, 0.15) is 6.20 Å². The minimum atomic E-state index is -0.187. The number of quaternary nitrogens is 1. The maximum absolute atomic E-state index is 11.1. The number of hydrogen-bond donors (Lipinski definition) is 1. The molecule has 0 saturated heterocycles. The Bertz CT molecular complexity index is 304. The first-order valence-electron chi connectivity index (χ1n) is 3.18. The van der Waals surface area contributed by atoms with Gasteiger partial charge in [-0.25, -0.2) is 14.9 Å². The second kappa shape index (κ2) is 1.76. The Balaban J connectivity index is 2.52.